The highest BCUT2D eigenvalue weighted by molar-refractivity contribution is 7.80. The summed E-state index contributed by atoms with van der Waals surface area (Å²) in [7, 11) is 0. The Bertz CT molecular complexity index is 922. The minimum atomic E-state index is 0.611. The molecule has 0 saturated heterocycles. The first-order chi connectivity index (χ1) is 15.7. The summed E-state index contributed by atoms with van der Waals surface area (Å²) in [5.74, 6) is 1.59. The molecule has 0 atom stereocenters. The highest BCUT2D eigenvalue weighted by Crippen LogP contribution is 2.28. The fraction of sp³-hybridized carbons (Fsp3) is 0.296. The van der Waals surface area contributed by atoms with Gasteiger partial charge in [-0.3, -0.25) is 0 Å². The molecule has 0 saturated carbocycles. The van der Waals surface area contributed by atoms with Crippen LogP contribution in [0, 0.1) is 0 Å². The molecular weight excluding hydrogens is 416 g/mol. The molecule has 0 fully saturated rings. The lowest BCUT2D eigenvalue weighted by Crippen LogP contribution is -2.39. The van der Waals surface area contributed by atoms with E-state index in [0.717, 1.165) is 42.7 Å². The topological polar surface area (TPSA) is 33.7 Å². The van der Waals surface area contributed by atoms with Gasteiger partial charge in [0.25, 0.3) is 0 Å². The molecule has 0 aliphatic heterocycles. The number of nitrogens with zero attached hydrogens (tertiary/aromatic N) is 1. The zero-order chi connectivity index (χ0) is 22.6. The van der Waals surface area contributed by atoms with Gasteiger partial charge < -0.3 is 19.7 Å². The third-order valence-electron chi connectivity index (χ3n) is 5.02. The Labute approximate surface area is 197 Å². The minimum Gasteiger partial charge on any atom is -0.490 e. The predicted molar refractivity (Wildman–Crippen MR) is 135 cm³/mol. The van der Waals surface area contributed by atoms with E-state index in [0.29, 0.717) is 13.2 Å². The summed E-state index contributed by atoms with van der Waals surface area (Å²) in [5.41, 5.74) is 3.66. The molecule has 0 amide bonds. The Morgan fingerprint density at radius 1 is 0.750 bits per heavy atom. The normalized spacial score (nSPS) is 10.4. The van der Waals surface area contributed by atoms with Gasteiger partial charge in [0.15, 0.2) is 16.6 Å². The van der Waals surface area contributed by atoms with Gasteiger partial charge in [0.1, 0.15) is 0 Å². The first-order valence-electron chi connectivity index (χ1n) is 11.2. The van der Waals surface area contributed by atoms with E-state index in [4.69, 9.17) is 21.7 Å². The van der Waals surface area contributed by atoms with Crippen molar-refractivity contribution in [1.29, 1.82) is 0 Å². The van der Waals surface area contributed by atoms with Gasteiger partial charge in [0.2, 0.25) is 0 Å². The third-order valence-corrected chi connectivity index (χ3v) is 5.42. The van der Waals surface area contributed by atoms with Gasteiger partial charge in [0, 0.05) is 19.6 Å². The van der Waals surface area contributed by atoms with E-state index in [1.54, 1.807) is 0 Å². The monoisotopic (exact) mass is 448 g/mol. The molecule has 1 N–H and O–H groups in total. The average molecular weight is 449 g/mol. The third kappa shape index (κ3) is 7.27. The summed E-state index contributed by atoms with van der Waals surface area (Å²) in [6.45, 7) is 7.46. The molecule has 5 heteroatoms. The van der Waals surface area contributed by atoms with E-state index >= 15 is 0 Å². The van der Waals surface area contributed by atoms with Crippen LogP contribution in [0.5, 0.6) is 11.5 Å². The van der Waals surface area contributed by atoms with Crippen LogP contribution in [0.3, 0.4) is 0 Å². The lowest BCUT2D eigenvalue weighted by atomic mass is 10.1. The summed E-state index contributed by atoms with van der Waals surface area (Å²) >= 11 is 5.78. The highest BCUT2D eigenvalue weighted by atomic mass is 32.1. The van der Waals surface area contributed by atoms with Crippen molar-refractivity contribution in [2.24, 2.45) is 0 Å². The molecule has 0 aromatic heterocycles. The second-order valence-electron chi connectivity index (χ2n) is 7.46. The van der Waals surface area contributed by atoms with Crippen molar-refractivity contribution in [1.82, 2.24) is 10.2 Å². The van der Waals surface area contributed by atoms with E-state index in [1.165, 1.54) is 16.7 Å². The van der Waals surface area contributed by atoms with Gasteiger partial charge in [-0.05, 0) is 61.3 Å². The maximum absolute atomic E-state index is 5.78. The van der Waals surface area contributed by atoms with E-state index in [1.807, 2.05) is 32.0 Å². The lowest BCUT2D eigenvalue weighted by Gasteiger charge is -2.26. The molecular formula is C27H32N2O2S. The Hall–Kier alpha value is -3.05. The van der Waals surface area contributed by atoms with Crippen molar-refractivity contribution in [3.8, 4) is 11.5 Å². The molecule has 4 nitrogen and oxygen atoms in total. The average Bonchev–Trinajstić information content (AvgIpc) is 2.82. The summed E-state index contributed by atoms with van der Waals surface area (Å²) in [6.07, 6.45) is 0.844. The molecule has 0 aliphatic carbocycles. The number of hydrogen-bond donors (Lipinski definition) is 1. The molecule has 0 aliphatic rings. The minimum absolute atomic E-state index is 0.611. The van der Waals surface area contributed by atoms with Gasteiger partial charge >= 0.3 is 0 Å². The molecule has 32 heavy (non-hydrogen) atoms. The Morgan fingerprint density at radius 2 is 1.31 bits per heavy atom. The van der Waals surface area contributed by atoms with E-state index in [-0.39, 0.29) is 0 Å². The number of rotatable bonds is 11. The smallest absolute Gasteiger partial charge is 0.169 e. The summed E-state index contributed by atoms with van der Waals surface area (Å²) in [5, 5.41) is 4.21. The van der Waals surface area contributed by atoms with Gasteiger partial charge in [-0.25, -0.2) is 0 Å². The number of thiocarbonyl (C=S) groups is 1. The van der Waals surface area contributed by atoms with Crippen molar-refractivity contribution < 1.29 is 9.47 Å². The number of nitrogens with one attached hydrogen (secondary N) is 1. The molecule has 0 spiro atoms. The van der Waals surface area contributed by atoms with Crippen LogP contribution in [0.2, 0.25) is 0 Å². The summed E-state index contributed by atoms with van der Waals surface area (Å²) in [4.78, 5) is 2.21. The Morgan fingerprint density at radius 3 is 1.88 bits per heavy atom. The van der Waals surface area contributed by atoms with Crippen LogP contribution >= 0.6 is 12.2 Å². The maximum Gasteiger partial charge on any atom is 0.169 e. The second kappa shape index (κ2) is 12.7. The number of ether oxygens (including phenoxy) is 2. The molecule has 168 valence electrons. The van der Waals surface area contributed by atoms with Crippen molar-refractivity contribution in [2.75, 3.05) is 19.8 Å². The molecule has 0 unspecified atom stereocenters. The Kier molecular flexibility index (Phi) is 9.38. The SMILES string of the molecule is CCOc1ccc(CCNC(=S)N(Cc2ccccc2)Cc2ccccc2)cc1OCC. The van der Waals surface area contributed by atoms with Gasteiger partial charge in [-0.2, -0.15) is 0 Å². The summed E-state index contributed by atoms with van der Waals surface area (Å²) in [6, 6.07) is 27.0. The van der Waals surface area contributed by atoms with Gasteiger partial charge in [0.05, 0.1) is 13.2 Å². The Balaban J connectivity index is 1.62. The van der Waals surface area contributed by atoms with Gasteiger partial charge in [-0.1, -0.05) is 66.7 Å². The van der Waals surface area contributed by atoms with Crippen LogP contribution < -0.4 is 14.8 Å². The van der Waals surface area contributed by atoms with Crippen LogP contribution in [0.4, 0.5) is 0 Å². The molecule has 0 radical (unpaired) electrons. The van der Waals surface area contributed by atoms with Crippen molar-refractivity contribution in [3.63, 3.8) is 0 Å². The molecule has 3 rings (SSSR count). The van der Waals surface area contributed by atoms with Crippen LogP contribution in [0.1, 0.15) is 30.5 Å². The van der Waals surface area contributed by atoms with E-state index in [2.05, 4.69) is 70.9 Å². The van der Waals surface area contributed by atoms with Crippen LogP contribution in [0.25, 0.3) is 0 Å². The maximum atomic E-state index is 5.78. The van der Waals surface area contributed by atoms with E-state index < -0.39 is 0 Å². The zero-order valence-corrected chi connectivity index (χ0v) is 19.7. The van der Waals surface area contributed by atoms with Crippen LogP contribution in [-0.2, 0) is 19.5 Å². The first kappa shape index (κ1) is 23.6. The first-order valence-corrected chi connectivity index (χ1v) is 11.6. The van der Waals surface area contributed by atoms with E-state index in [9.17, 15) is 0 Å². The fourth-order valence-corrected chi connectivity index (χ4v) is 3.71. The lowest BCUT2D eigenvalue weighted by molar-refractivity contribution is 0.287. The fourth-order valence-electron chi connectivity index (χ4n) is 3.48. The number of benzene rings is 3. The molecule has 0 bridgehead atoms. The van der Waals surface area contributed by atoms with Crippen molar-refractivity contribution >= 4 is 17.3 Å². The molecule has 3 aromatic carbocycles. The highest BCUT2D eigenvalue weighted by Gasteiger charge is 2.12. The standard InChI is InChI=1S/C27H32N2O2S/c1-3-30-25-16-15-22(19-26(25)31-4-2)17-18-28-27(32)29(20-23-11-7-5-8-12-23)21-24-13-9-6-10-14-24/h5-16,19H,3-4,17-18,20-21H2,1-2H3,(H,28,32). The second-order valence-corrected chi connectivity index (χ2v) is 7.84. The van der Waals surface area contributed by atoms with Crippen LogP contribution in [0.15, 0.2) is 78.9 Å². The number of hydrogen-bond acceptors (Lipinski definition) is 3. The van der Waals surface area contributed by atoms with Crippen LogP contribution in [-0.4, -0.2) is 29.8 Å². The summed E-state index contributed by atoms with van der Waals surface area (Å²) < 4.78 is 11.4. The van der Waals surface area contributed by atoms with Crippen molar-refractivity contribution in [2.45, 2.75) is 33.4 Å². The zero-order valence-electron chi connectivity index (χ0n) is 18.9. The predicted octanol–water partition coefficient (Wildman–Crippen LogP) is 5.60. The quantitative estimate of drug-likeness (QED) is 0.386. The molecule has 3 aromatic rings. The van der Waals surface area contributed by atoms with Gasteiger partial charge in [-0.15, -0.1) is 0 Å². The van der Waals surface area contributed by atoms with Crippen molar-refractivity contribution in [3.05, 3.63) is 95.6 Å². The largest absolute Gasteiger partial charge is 0.490 e. The molecule has 0 heterocycles.